The van der Waals surface area contributed by atoms with Crippen LogP contribution in [0.1, 0.15) is 21.5 Å². The third-order valence-electron chi connectivity index (χ3n) is 3.27. The number of nitrogens with zero attached hydrogens (tertiary/aromatic N) is 2. The topological polar surface area (TPSA) is 56.1 Å². The van der Waals surface area contributed by atoms with Gasteiger partial charge in [-0.3, -0.25) is 4.79 Å². The number of nitriles is 1. The molecule has 4 heteroatoms. The van der Waals surface area contributed by atoms with Crippen molar-refractivity contribution in [3.05, 3.63) is 34.9 Å². The highest BCUT2D eigenvalue weighted by Gasteiger charge is 2.27. The number of piperazine rings is 1. The van der Waals surface area contributed by atoms with Crippen LogP contribution in [0.5, 0.6) is 0 Å². The molecular weight excluding hydrogens is 226 g/mol. The summed E-state index contributed by atoms with van der Waals surface area (Å²) in [5, 5.41) is 12.2. The van der Waals surface area contributed by atoms with Gasteiger partial charge in [0.1, 0.15) is 6.04 Å². The smallest absolute Gasteiger partial charge is 0.255 e. The van der Waals surface area contributed by atoms with Gasteiger partial charge in [-0.1, -0.05) is 17.7 Å². The number of nitrogens with one attached hydrogen (secondary N) is 1. The molecule has 0 bridgehead atoms. The Morgan fingerprint density at radius 1 is 1.50 bits per heavy atom. The lowest BCUT2D eigenvalue weighted by atomic mass is 10.0. The Morgan fingerprint density at radius 2 is 2.28 bits per heavy atom. The Balaban J connectivity index is 2.27. The summed E-state index contributed by atoms with van der Waals surface area (Å²) in [5.74, 6) is -0.0412. The van der Waals surface area contributed by atoms with Crippen LogP contribution in [0.4, 0.5) is 0 Å². The molecule has 0 aliphatic carbocycles. The predicted octanol–water partition coefficient (Wildman–Crippen LogP) is 1.24. The monoisotopic (exact) mass is 243 g/mol. The lowest BCUT2D eigenvalue weighted by Crippen LogP contribution is -2.53. The van der Waals surface area contributed by atoms with Crippen molar-refractivity contribution in [3.63, 3.8) is 0 Å². The summed E-state index contributed by atoms with van der Waals surface area (Å²) in [6.45, 7) is 5.82. The van der Waals surface area contributed by atoms with Crippen LogP contribution in [0.3, 0.4) is 0 Å². The van der Waals surface area contributed by atoms with Crippen LogP contribution in [0.2, 0.25) is 0 Å². The molecule has 1 saturated heterocycles. The molecule has 2 rings (SSSR count). The Kier molecular flexibility index (Phi) is 3.63. The summed E-state index contributed by atoms with van der Waals surface area (Å²) in [4.78, 5) is 14.1. The number of hydrogen-bond acceptors (Lipinski definition) is 3. The van der Waals surface area contributed by atoms with E-state index in [1.807, 2.05) is 32.0 Å². The zero-order valence-corrected chi connectivity index (χ0v) is 10.7. The molecule has 1 atom stereocenters. The molecule has 0 spiro atoms. The van der Waals surface area contributed by atoms with Gasteiger partial charge in [-0.15, -0.1) is 0 Å². The highest BCUT2D eigenvalue weighted by atomic mass is 16.2. The average molecular weight is 243 g/mol. The fourth-order valence-electron chi connectivity index (χ4n) is 2.27. The van der Waals surface area contributed by atoms with Crippen molar-refractivity contribution in [2.45, 2.75) is 19.9 Å². The number of aryl methyl sites for hydroxylation is 2. The second-order valence-electron chi connectivity index (χ2n) is 4.67. The number of rotatable bonds is 1. The van der Waals surface area contributed by atoms with Crippen molar-refractivity contribution < 1.29 is 4.79 Å². The van der Waals surface area contributed by atoms with E-state index in [0.717, 1.165) is 17.7 Å². The van der Waals surface area contributed by atoms with Crippen molar-refractivity contribution in [2.24, 2.45) is 0 Å². The van der Waals surface area contributed by atoms with Crippen LogP contribution in [0.25, 0.3) is 0 Å². The molecule has 1 unspecified atom stereocenters. The molecule has 1 aliphatic rings. The van der Waals surface area contributed by atoms with Crippen molar-refractivity contribution in [2.75, 3.05) is 19.6 Å². The Labute approximate surface area is 107 Å². The predicted molar refractivity (Wildman–Crippen MR) is 69.2 cm³/mol. The summed E-state index contributed by atoms with van der Waals surface area (Å²) < 4.78 is 0. The molecule has 0 saturated carbocycles. The number of carbonyl (C=O) groups is 1. The quantitative estimate of drug-likeness (QED) is 0.807. The molecule has 1 aromatic rings. The first-order valence-electron chi connectivity index (χ1n) is 6.12. The highest BCUT2D eigenvalue weighted by molar-refractivity contribution is 5.96. The lowest BCUT2D eigenvalue weighted by molar-refractivity contribution is 0.0686. The minimum atomic E-state index is -0.369. The van der Waals surface area contributed by atoms with Gasteiger partial charge in [0, 0.05) is 25.2 Å². The van der Waals surface area contributed by atoms with Crippen LogP contribution >= 0.6 is 0 Å². The van der Waals surface area contributed by atoms with Gasteiger partial charge < -0.3 is 10.2 Å². The van der Waals surface area contributed by atoms with Crippen LogP contribution < -0.4 is 5.32 Å². The largest absolute Gasteiger partial charge is 0.320 e. The van der Waals surface area contributed by atoms with E-state index in [2.05, 4.69) is 11.4 Å². The molecule has 0 aromatic heterocycles. The van der Waals surface area contributed by atoms with Gasteiger partial charge in [0.05, 0.1) is 6.07 Å². The van der Waals surface area contributed by atoms with Crippen LogP contribution in [-0.2, 0) is 0 Å². The number of amides is 1. The number of benzene rings is 1. The Morgan fingerprint density at radius 3 is 2.94 bits per heavy atom. The highest BCUT2D eigenvalue weighted by Crippen LogP contribution is 2.15. The average Bonchev–Trinajstić information content (AvgIpc) is 2.38. The summed E-state index contributed by atoms with van der Waals surface area (Å²) in [7, 11) is 0. The van der Waals surface area contributed by atoms with Crippen molar-refractivity contribution in [1.29, 1.82) is 5.26 Å². The molecule has 1 aliphatic heterocycles. The van der Waals surface area contributed by atoms with Gasteiger partial charge in [-0.05, 0) is 25.5 Å². The summed E-state index contributed by atoms with van der Waals surface area (Å²) in [5.41, 5.74) is 2.80. The fourth-order valence-corrected chi connectivity index (χ4v) is 2.27. The molecule has 1 heterocycles. The maximum Gasteiger partial charge on any atom is 0.255 e. The van der Waals surface area contributed by atoms with Crippen LogP contribution in [0, 0.1) is 25.2 Å². The minimum absolute atomic E-state index is 0.0412. The molecule has 94 valence electrons. The summed E-state index contributed by atoms with van der Waals surface area (Å²) >= 11 is 0. The van der Waals surface area contributed by atoms with E-state index >= 15 is 0 Å². The number of carbonyl (C=O) groups excluding carboxylic acids is 1. The molecule has 18 heavy (non-hydrogen) atoms. The maximum atomic E-state index is 12.4. The first kappa shape index (κ1) is 12.6. The van der Waals surface area contributed by atoms with E-state index in [1.165, 1.54) is 0 Å². The van der Waals surface area contributed by atoms with Gasteiger partial charge >= 0.3 is 0 Å². The van der Waals surface area contributed by atoms with Crippen molar-refractivity contribution >= 4 is 5.91 Å². The second kappa shape index (κ2) is 5.19. The molecule has 4 nitrogen and oxygen atoms in total. The van der Waals surface area contributed by atoms with E-state index < -0.39 is 0 Å². The lowest BCUT2D eigenvalue weighted by Gasteiger charge is -2.32. The van der Waals surface area contributed by atoms with Crippen LogP contribution in [0.15, 0.2) is 18.2 Å². The SMILES string of the molecule is Cc1ccc(C(=O)N2CCNCC2C#N)c(C)c1. The molecule has 0 radical (unpaired) electrons. The third-order valence-corrected chi connectivity index (χ3v) is 3.27. The molecular formula is C14H17N3O. The molecule has 1 amide bonds. The molecule has 1 N–H and O–H groups in total. The van der Waals surface area contributed by atoms with Crippen molar-refractivity contribution in [3.8, 4) is 6.07 Å². The van der Waals surface area contributed by atoms with Crippen molar-refractivity contribution in [1.82, 2.24) is 10.2 Å². The van der Waals surface area contributed by atoms with Gasteiger partial charge in [0.15, 0.2) is 0 Å². The van der Waals surface area contributed by atoms with E-state index in [4.69, 9.17) is 5.26 Å². The second-order valence-corrected chi connectivity index (χ2v) is 4.67. The number of hydrogen-bond donors (Lipinski definition) is 1. The van der Waals surface area contributed by atoms with Gasteiger partial charge in [-0.2, -0.15) is 5.26 Å². The molecule has 1 fully saturated rings. The first-order chi connectivity index (χ1) is 8.63. The maximum absolute atomic E-state index is 12.4. The van der Waals surface area contributed by atoms with E-state index in [9.17, 15) is 4.79 Å². The summed E-state index contributed by atoms with van der Waals surface area (Å²) in [6.07, 6.45) is 0. The van der Waals surface area contributed by atoms with Gasteiger partial charge in [0.2, 0.25) is 0 Å². The Bertz CT molecular complexity index is 504. The Hall–Kier alpha value is -1.86. The zero-order valence-electron chi connectivity index (χ0n) is 10.7. The normalized spacial score (nSPS) is 19.4. The van der Waals surface area contributed by atoms with E-state index in [0.29, 0.717) is 18.7 Å². The zero-order chi connectivity index (χ0) is 13.1. The van der Waals surface area contributed by atoms with Crippen LogP contribution in [-0.4, -0.2) is 36.5 Å². The van der Waals surface area contributed by atoms with E-state index in [1.54, 1.807) is 4.90 Å². The molecule has 1 aromatic carbocycles. The standard InChI is InChI=1S/C14H17N3O/c1-10-3-4-13(11(2)7-10)14(18)17-6-5-16-9-12(17)8-15/h3-4,7,12,16H,5-6,9H2,1-2H3. The third kappa shape index (κ3) is 2.36. The minimum Gasteiger partial charge on any atom is -0.320 e. The van der Waals surface area contributed by atoms with E-state index in [-0.39, 0.29) is 11.9 Å². The first-order valence-corrected chi connectivity index (χ1v) is 6.12. The van der Waals surface area contributed by atoms with Gasteiger partial charge in [-0.25, -0.2) is 0 Å². The fraction of sp³-hybridized carbons (Fsp3) is 0.429. The van der Waals surface area contributed by atoms with Gasteiger partial charge in [0.25, 0.3) is 5.91 Å². The summed E-state index contributed by atoms with van der Waals surface area (Å²) in [6, 6.07) is 7.59.